The minimum Gasteiger partial charge on any atom is -0.494 e. The maximum absolute atomic E-state index is 11.9. The van der Waals surface area contributed by atoms with Gasteiger partial charge in [-0.3, -0.25) is 9.59 Å². The summed E-state index contributed by atoms with van der Waals surface area (Å²) in [5.74, 6) is -0.342. The van der Waals surface area contributed by atoms with Gasteiger partial charge in [-0.2, -0.15) is 13.2 Å². The lowest BCUT2D eigenvalue weighted by molar-refractivity contribution is -0.175. The van der Waals surface area contributed by atoms with Gasteiger partial charge in [0.2, 0.25) is 5.91 Å². The molecular weight excluding hydrogens is 341 g/mol. The number of halogens is 3. The largest absolute Gasteiger partial charge is 0.494 e. The van der Waals surface area contributed by atoms with Crippen LogP contribution in [0.1, 0.15) is 24.2 Å². The Morgan fingerprint density at radius 1 is 1.20 bits per heavy atom. The number of ether oxygens (including phenoxy) is 2. The third-order valence-electron chi connectivity index (χ3n) is 2.88. The normalized spacial score (nSPS) is 12.4. The quantitative estimate of drug-likeness (QED) is 0.704. The van der Waals surface area contributed by atoms with Crippen molar-refractivity contribution < 1.29 is 32.2 Å². The molecule has 9 heteroatoms. The summed E-state index contributed by atoms with van der Waals surface area (Å²) in [6.45, 7) is 1.91. The maximum Gasteiger partial charge on any atom is 0.411 e. The molecule has 0 saturated heterocycles. The van der Waals surface area contributed by atoms with Crippen LogP contribution in [0.3, 0.4) is 0 Å². The Labute approximate surface area is 143 Å². The zero-order valence-electron chi connectivity index (χ0n) is 14.0. The standard InChI is InChI=1S/C16H21F3N2O4/c1-3-25-13-6-4-12(5-7-13)15(23)20-8-14(22)21-11(2)9-24-10-16(17,18)19/h4-7,11H,3,8-10H2,1-2H3,(H,20,23)(H,21,22). The minimum absolute atomic E-state index is 0.280. The number of carbonyl (C=O) groups excluding carboxylic acids is 2. The Bertz CT molecular complexity index is 561. The summed E-state index contributed by atoms with van der Waals surface area (Å²) >= 11 is 0. The molecule has 140 valence electrons. The first-order valence-corrected chi connectivity index (χ1v) is 7.66. The number of carbonyl (C=O) groups is 2. The molecule has 0 aliphatic heterocycles. The van der Waals surface area contributed by atoms with E-state index in [1.165, 1.54) is 6.92 Å². The summed E-state index contributed by atoms with van der Waals surface area (Å²) in [6.07, 6.45) is -4.41. The van der Waals surface area contributed by atoms with Crippen LogP contribution in [-0.4, -0.2) is 50.4 Å². The van der Waals surface area contributed by atoms with Crippen LogP contribution in [0.15, 0.2) is 24.3 Å². The Kier molecular flexibility index (Phi) is 8.20. The zero-order valence-corrected chi connectivity index (χ0v) is 14.0. The van der Waals surface area contributed by atoms with E-state index >= 15 is 0 Å². The monoisotopic (exact) mass is 362 g/mol. The second kappa shape index (κ2) is 9.87. The highest BCUT2D eigenvalue weighted by Crippen LogP contribution is 2.14. The molecule has 0 spiro atoms. The Morgan fingerprint density at radius 2 is 1.84 bits per heavy atom. The molecule has 1 aromatic rings. The van der Waals surface area contributed by atoms with E-state index in [-0.39, 0.29) is 13.2 Å². The molecule has 0 aliphatic carbocycles. The van der Waals surface area contributed by atoms with E-state index in [1.54, 1.807) is 24.3 Å². The lowest BCUT2D eigenvalue weighted by atomic mass is 10.2. The van der Waals surface area contributed by atoms with Crippen molar-refractivity contribution in [2.24, 2.45) is 0 Å². The molecule has 0 radical (unpaired) electrons. The molecule has 0 fully saturated rings. The van der Waals surface area contributed by atoms with Crippen LogP contribution >= 0.6 is 0 Å². The van der Waals surface area contributed by atoms with Crippen LogP contribution in [0.2, 0.25) is 0 Å². The highest BCUT2D eigenvalue weighted by Gasteiger charge is 2.27. The van der Waals surface area contributed by atoms with Crippen molar-refractivity contribution in [3.05, 3.63) is 29.8 Å². The van der Waals surface area contributed by atoms with Crippen LogP contribution in [0.25, 0.3) is 0 Å². The topological polar surface area (TPSA) is 76.7 Å². The predicted octanol–water partition coefficient (Wildman–Crippen LogP) is 1.90. The van der Waals surface area contributed by atoms with Crippen LogP contribution in [0.4, 0.5) is 13.2 Å². The smallest absolute Gasteiger partial charge is 0.411 e. The van der Waals surface area contributed by atoms with Gasteiger partial charge in [-0.05, 0) is 38.1 Å². The fourth-order valence-electron chi connectivity index (χ4n) is 1.85. The number of alkyl halides is 3. The number of amides is 2. The molecule has 0 saturated carbocycles. The SMILES string of the molecule is CCOc1ccc(C(=O)NCC(=O)NC(C)COCC(F)(F)F)cc1. The second-order valence-electron chi connectivity index (χ2n) is 5.24. The van der Waals surface area contributed by atoms with Gasteiger partial charge < -0.3 is 20.1 Å². The van der Waals surface area contributed by atoms with Crippen molar-refractivity contribution in [2.75, 3.05) is 26.4 Å². The Balaban J connectivity index is 2.31. The first-order valence-electron chi connectivity index (χ1n) is 7.66. The first kappa shape index (κ1) is 20.8. The second-order valence-corrected chi connectivity index (χ2v) is 5.24. The molecule has 25 heavy (non-hydrogen) atoms. The molecular formula is C16H21F3N2O4. The summed E-state index contributed by atoms with van der Waals surface area (Å²) in [6, 6.07) is 5.78. The lowest BCUT2D eigenvalue weighted by Crippen LogP contribution is -2.42. The van der Waals surface area contributed by atoms with Crippen LogP contribution in [0.5, 0.6) is 5.75 Å². The highest BCUT2D eigenvalue weighted by molar-refractivity contribution is 5.96. The van der Waals surface area contributed by atoms with E-state index in [2.05, 4.69) is 15.4 Å². The molecule has 1 aromatic carbocycles. The third kappa shape index (κ3) is 8.94. The average Bonchev–Trinajstić information content (AvgIpc) is 2.52. The van der Waals surface area contributed by atoms with Gasteiger partial charge in [0, 0.05) is 11.6 Å². The predicted molar refractivity (Wildman–Crippen MR) is 84.4 cm³/mol. The van der Waals surface area contributed by atoms with E-state index in [0.717, 1.165) is 0 Å². The lowest BCUT2D eigenvalue weighted by Gasteiger charge is -2.15. The van der Waals surface area contributed by atoms with Crippen molar-refractivity contribution in [1.29, 1.82) is 0 Å². The molecule has 2 N–H and O–H groups in total. The van der Waals surface area contributed by atoms with Gasteiger partial charge in [0.25, 0.3) is 5.91 Å². The summed E-state index contributed by atoms with van der Waals surface area (Å²) in [5.41, 5.74) is 0.359. The number of hydrogen-bond acceptors (Lipinski definition) is 4. The van der Waals surface area contributed by atoms with Crippen molar-refractivity contribution in [3.63, 3.8) is 0 Å². The van der Waals surface area contributed by atoms with Gasteiger partial charge >= 0.3 is 6.18 Å². The van der Waals surface area contributed by atoms with Crippen molar-refractivity contribution in [2.45, 2.75) is 26.1 Å². The van der Waals surface area contributed by atoms with E-state index in [1.807, 2.05) is 6.92 Å². The van der Waals surface area contributed by atoms with E-state index in [9.17, 15) is 22.8 Å². The summed E-state index contributed by atoms with van der Waals surface area (Å²) in [5, 5.41) is 4.86. The number of rotatable bonds is 9. The minimum atomic E-state index is -4.41. The number of nitrogens with one attached hydrogen (secondary N) is 2. The zero-order chi connectivity index (χ0) is 18.9. The van der Waals surface area contributed by atoms with Gasteiger partial charge in [0.05, 0.1) is 19.8 Å². The van der Waals surface area contributed by atoms with E-state index in [0.29, 0.717) is 17.9 Å². The molecule has 1 unspecified atom stereocenters. The first-order chi connectivity index (χ1) is 11.7. The molecule has 0 aliphatic rings. The summed E-state index contributed by atoms with van der Waals surface area (Å²) in [7, 11) is 0. The van der Waals surface area contributed by atoms with E-state index < -0.39 is 30.6 Å². The fourth-order valence-corrected chi connectivity index (χ4v) is 1.85. The third-order valence-corrected chi connectivity index (χ3v) is 2.88. The summed E-state index contributed by atoms with van der Waals surface area (Å²) < 4.78 is 45.5. The van der Waals surface area contributed by atoms with Crippen molar-refractivity contribution in [1.82, 2.24) is 10.6 Å². The van der Waals surface area contributed by atoms with Gasteiger partial charge in [-0.15, -0.1) is 0 Å². The maximum atomic E-state index is 11.9. The number of benzene rings is 1. The molecule has 0 heterocycles. The average molecular weight is 362 g/mol. The molecule has 0 bridgehead atoms. The van der Waals surface area contributed by atoms with E-state index in [4.69, 9.17) is 4.74 Å². The summed E-state index contributed by atoms with van der Waals surface area (Å²) in [4.78, 5) is 23.6. The van der Waals surface area contributed by atoms with Gasteiger partial charge in [-0.25, -0.2) is 0 Å². The van der Waals surface area contributed by atoms with Crippen LogP contribution < -0.4 is 15.4 Å². The molecule has 0 aromatic heterocycles. The molecule has 1 atom stereocenters. The van der Waals surface area contributed by atoms with Gasteiger partial charge in [0.15, 0.2) is 0 Å². The fraction of sp³-hybridized carbons (Fsp3) is 0.500. The van der Waals surface area contributed by atoms with Gasteiger partial charge in [0.1, 0.15) is 12.4 Å². The molecule has 2 amide bonds. The van der Waals surface area contributed by atoms with Crippen molar-refractivity contribution >= 4 is 11.8 Å². The molecule has 1 rings (SSSR count). The van der Waals surface area contributed by atoms with Crippen molar-refractivity contribution in [3.8, 4) is 5.75 Å². The number of hydrogen-bond donors (Lipinski definition) is 2. The van der Waals surface area contributed by atoms with Crippen LogP contribution in [-0.2, 0) is 9.53 Å². The Morgan fingerprint density at radius 3 is 2.40 bits per heavy atom. The highest BCUT2D eigenvalue weighted by atomic mass is 19.4. The van der Waals surface area contributed by atoms with Gasteiger partial charge in [-0.1, -0.05) is 0 Å². The van der Waals surface area contributed by atoms with Crippen LogP contribution in [0, 0.1) is 0 Å². The Hall–Kier alpha value is -2.29. The molecule has 6 nitrogen and oxygen atoms in total.